The van der Waals surface area contributed by atoms with Gasteiger partial charge in [0.15, 0.2) is 0 Å². The van der Waals surface area contributed by atoms with Crippen LogP contribution >= 0.6 is 0 Å². The van der Waals surface area contributed by atoms with E-state index in [-0.39, 0.29) is 16.7 Å². The van der Waals surface area contributed by atoms with Crippen molar-refractivity contribution in [2.45, 2.75) is 117 Å². The maximum absolute atomic E-state index is 11.3. The molecule has 0 aromatic rings. The van der Waals surface area contributed by atoms with Crippen molar-refractivity contribution in [1.82, 2.24) is 0 Å². The van der Waals surface area contributed by atoms with Crippen molar-refractivity contribution >= 4 is 0 Å². The average Bonchev–Trinajstić information content (AvgIpc) is 3.26. The van der Waals surface area contributed by atoms with Crippen molar-refractivity contribution < 1.29 is 15.3 Å². The minimum atomic E-state index is -0.739. The number of aliphatic hydroxyl groups is 3. The molecule has 0 aromatic carbocycles. The maximum atomic E-state index is 11.3. The van der Waals surface area contributed by atoms with Crippen LogP contribution < -0.4 is 0 Å². The van der Waals surface area contributed by atoms with Gasteiger partial charge in [0.2, 0.25) is 0 Å². The van der Waals surface area contributed by atoms with Gasteiger partial charge in [-0.3, -0.25) is 0 Å². The molecule has 5 aliphatic rings. The summed E-state index contributed by atoms with van der Waals surface area (Å²) >= 11 is 0. The van der Waals surface area contributed by atoms with Crippen LogP contribution in [0.4, 0.5) is 0 Å². The molecule has 2 unspecified atom stereocenters. The van der Waals surface area contributed by atoms with Gasteiger partial charge in [-0.2, -0.15) is 0 Å². The van der Waals surface area contributed by atoms with Crippen LogP contribution in [0.25, 0.3) is 0 Å². The number of allylic oxidation sites excluding steroid dienone is 2. The van der Waals surface area contributed by atoms with Crippen LogP contribution in [0, 0.1) is 45.3 Å². The van der Waals surface area contributed by atoms with Gasteiger partial charge in [0.05, 0.1) is 18.3 Å². The molecule has 5 saturated carbocycles. The second-order valence-electron chi connectivity index (χ2n) is 13.3. The third-order valence-electron chi connectivity index (χ3n) is 12.2. The lowest BCUT2D eigenvalue weighted by atomic mass is 9.43. The van der Waals surface area contributed by atoms with E-state index in [1.54, 1.807) is 0 Å². The molecule has 5 rings (SSSR count). The first-order valence-electron chi connectivity index (χ1n) is 13.2. The van der Waals surface area contributed by atoms with Gasteiger partial charge in [-0.15, -0.1) is 0 Å². The number of fused-ring (bicyclic) bond motifs is 2. The fraction of sp³-hybridized carbons (Fsp3) is 0.929. The average molecular weight is 431 g/mol. The molecule has 11 atom stereocenters. The van der Waals surface area contributed by atoms with E-state index in [1.165, 1.54) is 50.5 Å². The number of aliphatic hydroxyl groups excluding tert-OH is 3. The molecule has 0 aliphatic heterocycles. The van der Waals surface area contributed by atoms with Gasteiger partial charge in [-0.25, -0.2) is 0 Å². The Bertz CT molecular complexity index is 757. The topological polar surface area (TPSA) is 60.7 Å². The van der Waals surface area contributed by atoms with E-state index < -0.39 is 18.3 Å². The molecule has 176 valence electrons. The standard InChI is InChI=1S/C28H46O3/c1-17(2)7-6-8-18(3)19-9-11-26(5)22-15-21(30)23-24(31)20(29)10-12-28(23)16-27(22,28)14-13-25(19,26)4/h7,18-24,29-31H,6,8-16H2,1-5H3/t18-,19-,20+,21?,22+,23?,24-,25-,26+,27+,28-/m1/s1. The van der Waals surface area contributed by atoms with E-state index in [9.17, 15) is 15.3 Å². The summed E-state index contributed by atoms with van der Waals surface area (Å²) in [6.07, 6.45) is 12.0. The molecule has 0 aromatic heterocycles. The summed E-state index contributed by atoms with van der Waals surface area (Å²) in [6.45, 7) is 12.1. The van der Waals surface area contributed by atoms with Crippen LogP contribution in [-0.4, -0.2) is 33.6 Å². The van der Waals surface area contributed by atoms with Gasteiger partial charge in [-0.05, 0) is 117 Å². The van der Waals surface area contributed by atoms with Crippen LogP contribution in [0.2, 0.25) is 0 Å². The molecular weight excluding hydrogens is 384 g/mol. The molecule has 5 fully saturated rings. The Kier molecular flexibility index (Phi) is 5.10. The van der Waals surface area contributed by atoms with Gasteiger partial charge in [-0.1, -0.05) is 32.4 Å². The summed E-state index contributed by atoms with van der Waals surface area (Å²) in [7, 11) is 0. The van der Waals surface area contributed by atoms with Crippen LogP contribution in [0.5, 0.6) is 0 Å². The summed E-state index contributed by atoms with van der Waals surface area (Å²) < 4.78 is 0. The smallest absolute Gasteiger partial charge is 0.0857 e. The highest BCUT2D eigenvalue weighted by Crippen LogP contribution is 2.87. The fourth-order valence-electron chi connectivity index (χ4n) is 10.4. The zero-order valence-electron chi connectivity index (χ0n) is 20.5. The zero-order valence-corrected chi connectivity index (χ0v) is 20.5. The van der Waals surface area contributed by atoms with Crippen molar-refractivity contribution in [3.63, 3.8) is 0 Å². The first kappa shape index (κ1) is 22.4. The molecule has 0 radical (unpaired) electrons. The summed E-state index contributed by atoms with van der Waals surface area (Å²) in [6, 6.07) is 0. The second-order valence-corrected chi connectivity index (χ2v) is 13.3. The van der Waals surface area contributed by atoms with Crippen LogP contribution in [0.3, 0.4) is 0 Å². The molecule has 0 amide bonds. The second kappa shape index (κ2) is 7.06. The van der Waals surface area contributed by atoms with Gasteiger partial charge >= 0.3 is 0 Å². The lowest BCUT2D eigenvalue weighted by Crippen LogP contribution is -2.60. The third-order valence-corrected chi connectivity index (χ3v) is 12.2. The number of hydrogen-bond donors (Lipinski definition) is 3. The Morgan fingerprint density at radius 1 is 0.935 bits per heavy atom. The molecular formula is C28H46O3. The molecule has 0 bridgehead atoms. The quantitative estimate of drug-likeness (QED) is 0.518. The Morgan fingerprint density at radius 3 is 2.39 bits per heavy atom. The summed E-state index contributed by atoms with van der Waals surface area (Å²) in [5.41, 5.74) is 2.48. The minimum absolute atomic E-state index is 0.0888. The van der Waals surface area contributed by atoms with Gasteiger partial charge < -0.3 is 15.3 Å². The molecule has 3 heteroatoms. The lowest BCUT2D eigenvalue weighted by molar-refractivity contribution is -0.194. The predicted octanol–water partition coefficient (Wildman–Crippen LogP) is 5.47. The molecule has 0 heterocycles. The molecule has 31 heavy (non-hydrogen) atoms. The molecule has 3 N–H and O–H groups in total. The normalized spacial score (nSPS) is 56.0. The molecule has 3 nitrogen and oxygen atoms in total. The van der Waals surface area contributed by atoms with Crippen molar-refractivity contribution in [3.05, 3.63) is 11.6 Å². The number of rotatable bonds is 4. The van der Waals surface area contributed by atoms with E-state index in [0.29, 0.717) is 23.2 Å². The molecule has 0 saturated heterocycles. The highest BCUT2D eigenvalue weighted by Gasteiger charge is 2.82. The summed E-state index contributed by atoms with van der Waals surface area (Å²) in [4.78, 5) is 0. The monoisotopic (exact) mass is 430 g/mol. The summed E-state index contributed by atoms with van der Waals surface area (Å²) in [5, 5.41) is 32.5. The van der Waals surface area contributed by atoms with Gasteiger partial charge in [0.25, 0.3) is 0 Å². The van der Waals surface area contributed by atoms with Crippen molar-refractivity contribution in [2.24, 2.45) is 45.3 Å². The number of hydrogen-bond acceptors (Lipinski definition) is 3. The Balaban J connectivity index is 1.42. The van der Waals surface area contributed by atoms with Gasteiger partial charge in [0.1, 0.15) is 0 Å². The SMILES string of the molecule is CC(C)=CCC[C@@H](C)[C@H]1CC[C@@]2(C)[C@@H]3CC(O)C4[C@H](O)[C@@H](O)CC[C@@]45C[C@@]35CC[C@]12C. The lowest BCUT2D eigenvalue weighted by Gasteiger charge is -2.62. The molecule has 5 aliphatic carbocycles. The van der Waals surface area contributed by atoms with E-state index in [2.05, 4.69) is 40.7 Å². The van der Waals surface area contributed by atoms with Crippen LogP contribution in [0.15, 0.2) is 11.6 Å². The third kappa shape index (κ3) is 2.75. The summed E-state index contributed by atoms with van der Waals surface area (Å²) in [5.74, 6) is 1.99. The molecule has 2 spiro atoms. The Hall–Kier alpha value is -0.380. The predicted molar refractivity (Wildman–Crippen MR) is 124 cm³/mol. The fourth-order valence-corrected chi connectivity index (χ4v) is 10.4. The first-order chi connectivity index (χ1) is 14.5. The highest BCUT2D eigenvalue weighted by molar-refractivity contribution is 5.31. The van der Waals surface area contributed by atoms with E-state index in [4.69, 9.17) is 0 Å². The zero-order chi connectivity index (χ0) is 22.4. The Labute approximate surface area is 189 Å². The largest absolute Gasteiger partial charge is 0.393 e. The maximum Gasteiger partial charge on any atom is 0.0857 e. The highest BCUT2D eigenvalue weighted by atomic mass is 16.3. The van der Waals surface area contributed by atoms with Crippen molar-refractivity contribution in [3.8, 4) is 0 Å². The van der Waals surface area contributed by atoms with Gasteiger partial charge in [0, 0.05) is 5.92 Å². The van der Waals surface area contributed by atoms with Crippen molar-refractivity contribution in [2.75, 3.05) is 0 Å². The van der Waals surface area contributed by atoms with Crippen LogP contribution in [0.1, 0.15) is 98.8 Å². The first-order valence-corrected chi connectivity index (χ1v) is 13.2. The van der Waals surface area contributed by atoms with Crippen LogP contribution in [-0.2, 0) is 0 Å². The minimum Gasteiger partial charge on any atom is -0.393 e. The van der Waals surface area contributed by atoms with E-state index in [1.807, 2.05) is 0 Å². The van der Waals surface area contributed by atoms with E-state index in [0.717, 1.165) is 24.7 Å². The van der Waals surface area contributed by atoms with Crippen molar-refractivity contribution in [1.29, 1.82) is 0 Å². The van der Waals surface area contributed by atoms with E-state index >= 15 is 0 Å². The Morgan fingerprint density at radius 2 is 1.68 bits per heavy atom.